The molecule has 9 heteroatoms. The standard InChI is InChI=1S/C17H18BrN3O5/c1-9-4-11(18)5-21-14(9)19-13(20-21)12-17(15(23)24-3)6-16(7-17,26-12)8-25-10(2)22/h4-5,12H,6-8H2,1-3H3. The van der Waals surface area contributed by atoms with E-state index in [2.05, 4.69) is 26.0 Å². The van der Waals surface area contributed by atoms with Gasteiger partial charge in [0.2, 0.25) is 0 Å². The molecule has 0 spiro atoms. The molecule has 3 fully saturated rings. The monoisotopic (exact) mass is 423 g/mol. The highest BCUT2D eigenvalue weighted by molar-refractivity contribution is 9.10. The third-order valence-electron chi connectivity index (χ3n) is 5.11. The second-order valence-electron chi connectivity index (χ2n) is 7.04. The van der Waals surface area contributed by atoms with Crippen LogP contribution in [0, 0.1) is 12.3 Å². The average molecular weight is 424 g/mol. The van der Waals surface area contributed by atoms with Gasteiger partial charge >= 0.3 is 11.9 Å². The Morgan fingerprint density at radius 3 is 2.85 bits per heavy atom. The molecule has 0 amide bonds. The van der Waals surface area contributed by atoms with Crippen molar-refractivity contribution in [2.45, 2.75) is 38.4 Å². The van der Waals surface area contributed by atoms with Gasteiger partial charge in [0.25, 0.3) is 0 Å². The maximum absolute atomic E-state index is 12.5. The Hall–Kier alpha value is -2.00. The molecule has 1 atom stereocenters. The zero-order valence-corrected chi connectivity index (χ0v) is 16.2. The van der Waals surface area contributed by atoms with Crippen molar-refractivity contribution in [1.82, 2.24) is 14.6 Å². The molecule has 0 aromatic carbocycles. The van der Waals surface area contributed by atoms with Crippen molar-refractivity contribution in [2.75, 3.05) is 13.7 Å². The normalized spacial score (nSPS) is 29.5. The lowest BCUT2D eigenvalue weighted by Crippen LogP contribution is -2.52. The fourth-order valence-electron chi connectivity index (χ4n) is 4.09. The highest BCUT2D eigenvalue weighted by atomic mass is 79.9. The van der Waals surface area contributed by atoms with Crippen molar-refractivity contribution in [2.24, 2.45) is 5.41 Å². The lowest BCUT2D eigenvalue weighted by molar-refractivity contribution is -0.163. The fourth-order valence-corrected chi connectivity index (χ4v) is 4.63. The maximum atomic E-state index is 12.5. The minimum Gasteiger partial charge on any atom is -0.469 e. The number of aromatic nitrogens is 3. The number of nitrogens with zero attached hydrogens (tertiary/aromatic N) is 3. The average Bonchev–Trinajstić information content (AvgIpc) is 3.19. The smallest absolute Gasteiger partial charge is 0.315 e. The van der Waals surface area contributed by atoms with Gasteiger partial charge in [0, 0.05) is 17.6 Å². The van der Waals surface area contributed by atoms with Crippen LogP contribution in [0.2, 0.25) is 0 Å². The summed E-state index contributed by atoms with van der Waals surface area (Å²) in [6.45, 7) is 3.39. The number of rotatable bonds is 4. The van der Waals surface area contributed by atoms with Crippen molar-refractivity contribution in [1.29, 1.82) is 0 Å². The van der Waals surface area contributed by atoms with E-state index in [0.717, 1.165) is 10.0 Å². The van der Waals surface area contributed by atoms with E-state index in [1.165, 1.54) is 14.0 Å². The molecule has 1 saturated carbocycles. The highest BCUT2D eigenvalue weighted by Crippen LogP contribution is 2.67. The number of fused-ring (bicyclic) bond motifs is 2. The van der Waals surface area contributed by atoms with Gasteiger partial charge < -0.3 is 14.2 Å². The molecule has 138 valence electrons. The molecule has 2 aliphatic heterocycles. The summed E-state index contributed by atoms with van der Waals surface area (Å²) in [5.41, 5.74) is 0.123. The van der Waals surface area contributed by atoms with E-state index in [1.807, 2.05) is 13.0 Å². The zero-order valence-electron chi connectivity index (χ0n) is 14.6. The largest absolute Gasteiger partial charge is 0.469 e. The number of carbonyl (C=O) groups is 2. The molecule has 8 nitrogen and oxygen atoms in total. The van der Waals surface area contributed by atoms with Crippen molar-refractivity contribution < 1.29 is 23.8 Å². The zero-order chi connectivity index (χ0) is 18.7. The van der Waals surface area contributed by atoms with Crippen LogP contribution in [-0.2, 0) is 23.8 Å². The van der Waals surface area contributed by atoms with Gasteiger partial charge in [0.05, 0.1) is 7.11 Å². The Morgan fingerprint density at radius 2 is 2.19 bits per heavy atom. The van der Waals surface area contributed by atoms with Gasteiger partial charge in [-0.2, -0.15) is 0 Å². The van der Waals surface area contributed by atoms with E-state index < -0.39 is 17.1 Å². The fraction of sp³-hybridized carbons (Fsp3) is 0.529. The van der Waals surface area contributed by atoms with Gasteiger partial charge in [-0.15, -0.1) is 5.10 Å². The molecule has 2 bridgehead atoms. The minimum atomic E-state index is -0.842. The SMILES string of the molecule is COC(=O)C12CC(COC(C)=O)(C1)OC2c1nc2c(C)cc(Br)cn2n1. The predicted molar refractivity (Wildman–Crippen MR) is 92.3 cm³/mol. The molecule has 5 rings (SSSR count). The summed E-state index contributed by atoms with van der Waals surface area (Å²) >= 11 is 3.44. The Labute approximate surface area is 157 Å². The Bertz CT molecular complexity index is 919. The summed E-state index contributed by atoms with van der Waals surface area (Å²) < 4.78 is 18.9. The number of pyridine rings is 1. The minimum absolute atomic E-state index is 0.107. The van der Waals surface area contributed by atoms with Crippen LogP contribution in [-0.4, -0.2) is 45.9 Å². The van der Waals surface area contributed by atoms with Gasteiger partial charge in [-0.25, -0.2) is 9.50 Å². The lowest BCUT2D eigenvalue weighted by Gasteiger charge is -2.42. The Morgan fingerprint density at radius 1 is 1.46 bits per heavy atom. The van der Waals surface area contributed by atoms with Crippen LogP contribution >= 0.6 is 15.9 Å². The quantitative estimate of drug-likeness (QED) is 0.695. The summed E-state index contributed by atoms with van der Waals surface area (Å²) in [6, 6.07) is 1.95. The van der Waals surface area contributed by atoms with E-state index in [1.54, 1.807) is 10.7 Å². The molecular formula is C17H18BrN3O5. The lowest BCUT2D eigenvalue weighted by atomic mass is 9.60. The van der Waals surface area contributed by atoms with E-state index in [9.17, 15) is 9.59 Å². The first kappa shape index (κ1) is 17.4. The summed E-state index contributed by atoms with van der Waals surface area (Å²) in [5, 5.41) is 4.52. The first-order valence-electron chi connectivity index (χ1n) is 8.21. The summed E-state index contributed by atoms with van der Waals surface area (Å²) in [6.07, 6.45) is 2.01. The second kappa shape index (κ2) is 5.75. The van der Waals surface area contributed by atoms with Crippen LogP contribution < -0.4 is 0 Å². The van der Waals surface area contributed by atoms with Gasteiger partial charge in [0.15, 0.2) is 11.5 Å². The van der Waals surface area contributed by atoms with E-state index in [0.29, 0.717) is 24.3 Å². The molecule has 26 heavy (non-hydrogen) atoms. The van der Waals surface area contributed by atoms with E-state index >= 15 is 0 Å². The second-order valence-corrected chi connectivity index (χ2v) is 7.96. The molecule has 2 aromatic heterocycles. The molecule has 0 radical (unpaired) electrons. The summed E-state index contributed by atoms with van der Waals surface area (Å²) in [7, 11) is 1.36. The summed E-state index contributed by atoms with van der Waals surface area (Å²) in [4.78, 5) is 28.3. The van der Waals surface area contributed by atoms with Gasteiger partial charge in [-0.1, -0.05) is 0 Å². The van der Waals surface area contributed by atoms with E-state index in [-0.39, 0.29) is 18.5 Å². The number of halogens is 1. The first-order valence-corrected chi connectivity index (χ1v) is 9.00. The van der Waals surface area contributed by atoms with Crippen molar-refractivity contribution in [3.05, 3.63) is 28.1 Å². The van der Waals surface area contributed by atoms with E-state index in [4.69, 9.17) is 14.2 Å². The third kappa shape index (κ3) is 2.44. The third-order valence-corrected chi connectivity index (χ3v) is 5.54. The van der Waals surface area contributed by atoms with Gasteiger partial charge in [-0.05, 0) is 47.3 Å². The predicted octanol–water partition coefficient (Wildman–Crippen LogP) is 2.13. The number of hydrogen-bond acceptors (Lipinski definition) is 7. The van der Waals surface area contributed by atoms with Crippen LogP contribution in [0.15, 0.2) is 16.7 Å². The van der Waals surface area contributed by atoms with Gasteiger partial charge in [0.1, 0.15) is 23.7 Å². The molecule has 1 aliphatic carbocycles. The van der Waals surface area contributed by atoms with Crippen LogP contribution in [0.3, 0.4) is 0 Å². The highest BCUT2D eigenvalue weighted by Gasteiger charge is 2.74. The van der Waals surface area contributed by atoms with Crippen molar-refractivity contribution in [3.8, 4) is 0 Å². The van der Waals surface area contributed by atoms with Crippen molar-refractivity contribution >= 4 is 33.5 Å². The maximum Gasteiger partial charge on any atom is 0.315 e. The molecule has 2 saturated heterocycles. The molecule has 2 aromatic rings. The first-order chi connectivity index (χ1) is 12.3. The molecular weight excluding hydrogens is 406 g/mol. The topological polar surface area (TPSA) is 92.0 Å². The molecule has 1 unspecified atom stereocenters. The molecule has 0 N–H and O–H groups in total. The van der Waals surface area contributed by atoms with Crippen LogP contribution in [0.4, 0.5) is 0 Å². The van der Waals surface area contributed by atoms with Crippen molar-refractivity contribution in [3.63, 3.8) is 0 Å². The Kier molecular flexibility index (Phi) is 3.85. The van der Waals surface area contributed by atoms with Crippen LogP contribution in [0.5, 0.6) is 0 Å². The Balaban J connectivity index is 1.72. The van der Waals surface area contributed by atoms with Gasteiger partial charge in [-0.3, -0.25) is 9.59 Å². The number of carbonyl (C=O) groups excluding carboxylic acids is 2. The number of hydrogen-bond donors (Lipinski definition) is 0. The number of methoxy groups -OCH3 is 1. The molecule has 3 aliphatic rings. The van der Waals surface area contributed by atoms with Crippen LogP contribution in [0.25, 0.3) is 5.65 Å². The van der Waals surface area contributed by atoms with Crippen LogP contribution in [0.1, 0.15) is 37.3 Å². The number of aryl methyl sites for hydroxylation is 1. The molecule has 4 heterocycles. The summed E-state index contributed by atoms with van der Waals surface area (Å²) in [5.74, 6) is -0.303. The number of esters is 2. The number of ether oxygens (including phenoxy) is 3.